The molecule has 0 saturated heterocycles. The first kappa shape index (κ1) is 14.2. The Morgan fingerprint density at radius 3 is 2.95 bits per heavy atom. The maximum absolute atomic E-state index is 12.2. The Hall–Kier alpha value is -1.77. The summed E-state index contributed by atoms with van der Waals surface area (Å²) in [5.41, 5.74) is 2.22. The molecule has 1 aromatic carbocycles. The zero-order valence-corrected chi connectivity index (χ0v) is 12.3. The van der Waals surface area contributed by atoms with Crippen LogP contribution in [0.4, 0.5) is 0 Å². The summed E-state index contributed by atoms with van der Waals surface area (Å²) < 4.78 is 28.7. The molecule has 0 radical (unpaired) electrons. The summed E-state index contributed by atoms with van der Waals surface area (Å²) in [5.74, 6) is 0. The van der Waals surface area contributed by atoms with Gasteiger partial charge in [0.2, 0.25) is 10.0 Å². The molecule has 1 aliphatic rings. The Labute approximate surface area is 123 Å². The van der Waals surface area contributed by atoms with E-state index in [2.05, 4.69) is 20.4 Å². The predicted molar refractivity (Wildman–Crippen MR) is 76.8 cm³/mol. The number of nitrogens with one attached hydrogen (secondary N) is 2. The van der Waals surface area contributed by atoms with Crippen molar-refractivity contribution in [3.8, 4) is 0 Å². The van der Waals surface area contributed by atoms with Crippen LogP contribution in [0.2, 0.25) is 0 Å². The highest BCUT2D eigenvalue weighted by Crippen LogP contribution is 2.19. The van der Waals surface area contributed by atoms with Crippen LogP contribution in [0.15, 0.2) is 35.5 Å². The van der Waals surface area contributed by atoms with Gasteiger partial charge in [0.25, 0.3) is 0 Å². The molecular formula is C13H17N5O2S. The number of fused-ring (bicyclic) bond motifs is 1. The molecule has 0 amide bonds. The molecule has 0 spiro atoms. The molecule has 2 heterocycles. The van der Waals surface area contributed by atoms with Crippen LogP contribution in [-0.4, -0.2) is 30.0 Å². The Bertz CT molecular complexity index is 712. The van der Waals surface area contributed by atoms with E-state index in [1.165, 1.54) is 5.56 Å². The molecule has 8 heteroatoms. The van der Waals surface area contributed by atoms with Crippen molar-refractivity contribution in [3.63, 3.8) is 0 Å². The summed E-state index contributed by atoms with van der Waals surface area (Å²) in [5, 5.41) is 10.7. The highest BCUT2D eigenvalue weighted by atomic mass is 32.2. The Morgan fingerprint density at radius 1 is 1.29 bits per heavy atom. The minimum atomic E-state index is -3.45. The van der Waals surface area contributed by atoms with E-state index in [0.29, 0.717) is 24.4 Å². The van der Waals surface area contributed by atoms with Crippen molar-refractivity contribution in [2.75, 3.05) is 6.54 Å². The summed E-state index contributed by atoms with van der Waals surface area (Å²) >= 11 is 0. The molecular weight excluding hydrogens is 290 g/mol. The van der Waals surface area contributed by atoms with Gasteiger partial charge in [0.05, 0.1) is 11.1 Å². The van der Waals surface area contributed by atoms with Crippen LogP contribution in [0.25, 0.3) is 0 Å². The normalized spacial score (nSPS) is 14.3. The highest BCUT2D eigenvalue weighted by molar-refractivity contribution is 7.89. The van der Waals surface area contributed by atoms with E-state index >= 15 is 0 Å². The third kappa shape index (κ3) is 3.29. The first-order chi connectivity index (χ1) is 10.1. The quantitative estimate of drug-likeness (QED) is 0.747. The van der Waals surface area contributed by atoms with Gasteiger partial charge in [-0.2, -0.15) is 0 Å². The first-order valence-corrected chi connectivity index (χ1v) is 8.30. The molecule has 7 nitrogen and oxygen atoms in total. The molecule has 0 fully saturated rings. The van der Waals surface area contributed by atoms with Crippen LogP contribution in [0.1, 0.15) is 17.5 Å². The van der Waals surface area contributed by atoms with Crippen molar-refractivity contribution in [2.24, 2.45) is 0 Å². The van der Waals surface area contributed by atoms with Gasteiger partial charge in [-0.1, -0.05) is 11.3 Å². The zero-order valence-electron chi connectivity index (χ0n) is 11.5. The summed E-state index contributed by atoms with van der Waals surface area (Å²) in [7, 11) is -3.45. The van der Waals surface area contributed by atoms with Gasteiger partial charge >= 0.3 is 0 Å². The number of benzene rings is 1. The molecule has 0 atom stereocenters. The number of aryl methyl sites for hydroxylation is 1. The smallest absolute Gasteiger partial charge is 0.240 e. The van der Waals surface area contributed by atoms with E-state index in [1.807, 2.05) is 6.07 Å². The fraction of sp³-hybridized carbons (Fsp3) is 0.385. The van der Waals surface area contributed by atoms with Crippen LogP contribution >= 0.6 is 0 Å². The summed E-state index contributed by atoms with van der Waals surface area (Å²) in [6.07, 6.45) is 4.01. The van der Waals surface area contributed by atoms with Gasteiger partial charge in [0, 0.05) is 32.4 Å². The maximum Gasteiger partial charge on any atom is 0.240 e. The largest absolute Gasteiger partial charge is 0.309 e. The standard InChI is InChI=1S/C13H17N5O2S/c19-21(20,16-4-1-6-18-7-5-15-17-18)13-3-2-11-9-14-10-12(11)8-13/h2-3,5,7-8,14,16H,1,4,6,9-10H2. The van der Waals surface area contributed by atoms with Gasteiger partial charge in [0.1, 0.15) is 0 Å². The van der Waals surface area contributed by atoms with Gasteiger partial charge in [-0.3, -0.25) is 4.68 Å². The Morgan fingerprint density at radius 2 is 2.14 bits per heavy atom. The average Bonchev–Trinajstić information content (AvgIpc) is 3.13. The second-order valence-corrected chi connectivity index (χ2v) is 6.72. The molecule has 0 bridgehead atoms. The third-order valence-electron chi connectivity index (χ3n) is 3.45. The fourth-order valence-electron chi connectivity index (χ4n) is 2.32. The minimum Gasteiger partial charge on any atom is -0.309 e. The number of hydrogen-bond acceptors (Lipinski definition) is 5. The number of hydrogen-bond donors (Lipinski definition) is 2. The lowest BCUT2D eigenvalue weighted by Gasteiger charge is -2.08. The fourth-order valence-corrected chi connectivity index (χ4v) is 3.45. The maximum atomic E-state index is 12.2. The Kier molecular flexibility index (Phi) is 4.00. The molecule has 0 saturated carbocycles. The van der Waals surface area contributed by atoms with Crippen molar-refractivity contribution in [1.82, 2.24) is 25.0 Å². The lowest BCUT2D eigenvalue weighted by Crippen LogP contribution is -2.25. The van der Waals surface area contributed by atoms with Gasteiger partial charge in [0.15, 0.2) is 0 Å². The van der Waals surface area contributed by atoms with Crippen molar-refractivity contribution in [3.05, 3.63) is 41.7 Å². The molecule has 0 aliphatic carbocycles. The van der Waals surface area contributed by atoms with E-state index in [0.717, 1.165) is 18.7 Å². The molecule has 0 unspecified atom stereocenters. The summed E-state index contributed by atoms with van der Waals surface area (Å²) in [6, 6.07) is 5.28. The minimum absolute atomic E-state index is 0.325. The van der Waals surface area contributed by atoms with Crippen LogP contribution < -0.4 is 10.0 Å². The van der Waals surface area contributed by atoms with E-state index in [1.54, 1.807) is 29.2 Å². The van der Waals surface area contributed by atoms with Crippen molar-refractivity contribution in [2.45, 2.75) is 31.0 Å². The monoisotopic (exact) mass is 307 g/mol. The third-order valence-corrected chi connectivity index (χ3v) is 4.91. The second-order valence-electron chi connectivity index (χ2n) is 4.95. The van der Waals surface area contributed by atoms with E-state index in [4.69, 9.17) is 0 Å². The number of aromatic nitrogens is 3. The van der Waals surface area contributed by atoms with Crippen molar-refractivity contribution < 1.29 is 8.42 Å². The molecule has 21 heavy (non-hydrogen) atoms. The summed E-state index contributed by atoms with van der Waals surface area (Å²) in [4.78, 5) is 0.325. The average molecular weight is 307 g/mol. The first-order valence-electron chi connectivity index (χ1n) is 6.81. The van der Waals surface area contributed by atoms with Gasteiger partial charge < -0.3 is 5.32 Å². The highest BCUT2D eigenvalue weighted by Gasteiger charge is 2.17. The van der Waals surface area contributed by atoms with Crippen LogP contribution in [-0.2, 0) is 29.7 Å². The molecule has 1 aromatic heterocycles. The van der Waals surface area contributed by atoms with Gasteiger partial charge in [-0.25, -0.2) is 13.1 Å². The lowest BCUT2D eigenvalue weighted by atomic mass is 10.1. The molecule has 1 aliphatic heterocycles. The SMILES string of the molecule is O=S(=O)(NCCCn1ccnn1)c1ccc2c(c1)CNC2. The van der Waals surface area contributed by atoms with Crippen LogP contribution in [0, 0.1) is 0 Å². The van der Waals surface area contributed by atoms with Gasteiger partial charge in [-0.05, 0) is 29.7 Å². The summed E-state index contributed by atoms with van der Waals surface area (Å²) in [6.45, 7) is 2.54. The topological polar surface area (TPSA) is 88.9 Å². The van der Waals surface area contributed by atoms with Gasteiger partial charge in [-0.15, -0.1) is 5.10 Å². The van der Waals surface area contributed by atoms with Crippen molar-refractivity contribution in [1.29, 1.82) is 0 Å². The van der Waals surface area contributed by atoms with Crippen LogP contribution in [0.5, 0.6) is 0 Å². The number of nitrogens with zero attached hydrogens (tertiary/aromatic N) is 3. The van der Waals surface area contributed by atoms with E-state index in [-0.39, 0.29) is 0 Å². The van der Waals surface area contributed by atoms with Crippen LogP contribution in [0.3, 0.4) is 0 Å². The molecule has 2 N–H and O–H groups in total. The molecule has 3 rings (SSSR count). The second kappa shape index (κ2) is 5.92. The number of sulfonamides is 1. The zero-order chi connectivity index (χ0) is 14.7. The van der Waals surface area contributed by atoms with E-state index in [9.17, 15) is 8.42 Å². The van der Waals surface area contributed by atoms with E-state index < -0.39 is 10.0 Å². The predicted octanol–water partition coefficient (Wildman–Crippen LogP) is 0.250. The van der Waals surface area contributed by atoms with Crippen molar-refractivity contribution >= 4 is 10.0 Å². The Balaban J connectivity index is 1.59. The number of rotatable bonds is 6. The molecule has 2 aromatic rings. The lowest BCUT2D eigenvalue weighted by molar-refractivity contribution is 0.542. The molecule has 112 valence electrons.